The van der Waals surface area contributed by atoms with Crippen molar-refractivity contribution in [1.29, 1.82) is 0 Å². The van der Waals surface area contributed by atoms with Crippen LogP contribution in [0.3, 0.4) is 0 Å². The van der Waals surface area contributed by atoms with Crippen LogP contribution in [0.4, 0.5) is 11.6 Å². The average molecular weight is 456 g/mol. The lowest BCUT2D eigenvalue weighted by atomic mass is 10.0. The molecule has 5 N–H and O–H groups in total. The van der Waals surface area contributed by atoms with E-state index in [-0.39, 0.29) is 9.79 Å². The van der Waals surface area contributed by atoms with Crippen LogP contribution in [-0.4, -0.2) is 26.8 Å². The second kappa shape index (κ2) is 7.71. The van der Waals surface area contributed by atoms with Crippen molar-refractivity contribution >= 4 is 42.6 Å². The zero-order valence-corrected chi connectivity index (χ0v) is 17.6. The third-order valence-electron chi connectivity index (χ3n) is 4.52. The fourth-order valence-electron chi connectivity index (χ4n) is 2.97. The first-order valence-corrected chi connectivity index (χ1v) is 12.0. The zero-order chi connectivity index (χ0) is 22.2. The second-order valence-electron chi connectivity index (χ2n) is 6.73. The molecule has 11 heteroatoms. The highest BCUT2D eigenvalue weighted by Gasteiger charge is 2.10. The van der Waals surface area contributed by atoms with Gasteiger partial charge in [-0.3, -0.25) is 0 Å². The van der Waals surface area contributed by atoms with Crippen LogP contribution in [0.1, 0.15) is 0 Å². The number of nitrogens with two attached hydrogens (primary N) is 2. The minimum Gasteiger partial charge on any atom is -0.324 e. The normalized spacial score (nSPS) is 12.1. The van der Waals surface area contributed by atoms with Crippen LogP contribution in [0.2, 0.25) is 0 Å². The van der Waals surface area contributed by atoms with Crippen molar-refractivity contribution in [3.8, 4) is 11.1 Å². The molecule has 0 aliphatic rings. The van der Waals surface area contributed by atoms with Crippen LogP contribution in [0, 0.1) is 0 Å². The Morgan fingerprint density at radius 3 is 2.10 bits per heavy atom. The molecule has 0 atom stereocenters. The van der Waals surface area contributed by atoms with E-state index < -0.39 is 20.0 Å². The lowest BCUT2D eigenvalue weighted by Crippen LogP contribution is -2.11. The predicted octanol–water partition coefficient (Wildman–Crippen LogP) is 2.34. The number of hydrogen-bond acceptors (Lipinski definition) is 7. The summed E-state index contributed by atoms with van der Waals surface area (Å²) in [7, 11) is -7.58. The van der Waals surface area contributed by atoms with E-state index in [1.165, 1.54) is 24.3 Å². The van der Waals surface area contributed by atoms with Crippen molar-refractivity contribution in [1.82, 2.24) is 9.97 Å². The van der Waals surface area contributed by atoms with Gasteiger partial charge >= 0.3 is 0 Å². The van der Waals surface area contributed by atoms with Gasteiger partial charge in [-0.05, 0) is 53.6 Å². The molecular formula is C20H17N5O4S2. The molecular weight excluding hydrogens is 438 g/mol. The van der Waals surface area contributed by atoms with E-state index in [2.05, 4.69) is 15.3 Å². The molecule has 0 amide bonds. The van der Waals surface area contributed by atoms with Crippen molar-refractivity contribution in [2.45, 2.75) is 9.79 Å². The fourth-order valence-corrected chi connectivity index (χ4v) is 4.05. The maximum atomic E-state index is 11.6. The molecule has 0 radical (unpaired) electrons. The van der Waals surface area contributed by atoms with Crippen LogP contribution in [0.25, 0.3) is 22.0 Å². The maximum Gasteiger partial charge on any atom is 0.238 e. The third kappa shape index (κ3) is 4.70. The molecule has 0 saturated heterocycles. The Morgan fingerprint density at radius 1 is 0.742 bits per heavy atom. The Hall–Kier alpha value is -3.38. The number of primary sulfonamides is 2. The van der Waals surface area contributed by atoms with Crippen LogP contribution >= 0.6 is 0 Å². The van der Waals surface area contributed by atoms with Gasteiger partial charge in [-0.25, -0.2) is 37.1 Å². The number of sulfonamides is 2. The van der Waals surface area contributed by atoms with Crippen molar-refractivity contribution in [3.63, 3.8) is 0 Å². The summed E-state index contributed by atoms with van der Waals surface area (Å²) in [6.45, 7) is 0. The van der Waals surface area contributed by atoms with Gasteiger partial charge in [-0.15, -0.1) is 0 Å². The molecule has 0 saturated carbocycles. The Balaban J connectivity index is 1.66. The number of aromatic nitrogens is 2. The van der Waals surface area contributed by atoms with Gasteiger partial charge in [-0.2, -0.15) is 0 Å². The Bertz CT molecular complexity index is 1500. The molecule has 3 aromatic carbocycles. The molecule has 0 fully saturated rings. The maximum absolute atomic E-state index is 11.6. The van der Waals surface area contributed by atoms with Gasteiger partial charge in [0.2, 0.25) is 26.0 Å². The highest BCUT2D eigenvalue weighted by Crippen LogP contribution is 2.26. The molecule has 0 bridgehead atoms. The van der Waals surface area contributed by atoms with E-state index in [1.807, 2.05) is 18.2 Å². The minimum absolute atomic E-state index is 0.00356. The van der Waals surface area contributed by atoms with Crippen LogP contribution < -0.4 is 15.6 Å². The third-order valence-corrected chi connectivity index (χ3v) is 6.36. The van der Waals surface area contributed by atoms with Gasteiger partial charge < -0.3 is 5.32 Å². The Labute approximate surface area is 178 Å². The number of anilines is 2. The molecule has 31 heavy (non-hydrogen) atoms. The van der Waals surface area contributed by atoms with Crippen LogP contribution in [0.5, 0.6) is 0 Å². The van der Waals surface area contributed by atoms with Crippen LogP contribution in [-0.2, 0) is 20.0 Å². The van der Waals surface area contributed by atoms with Gasteiger partial charge in [0.15, 0.2) is 0 Å². The number of nitrogens with zero attached hydrogens (tertiary/aromatic N) is 2. The molecule has 1 heterocycles. The Morgan fingerprint density at radius 2 is 1.42 bits per heavy atom. The summed E-state index contributed by atoms with van der Waals surface area (Å²) in [5.74, 6) is 0.311. The lowest BCUT2D eigenvalue weighted by molar-refractivity contribution is 0.596. The Kier molecular flexibility index (Phi) is 5.19. The van der Waals surface area contributed by atoms with E-state index in [4.69, 9.17) is 10.3 Å². The van der Waals surface area contributed by atoms with Crippen molar-refractivity contribution in [2.24, 2.45) is 10.3 Å². The van der Waals surface area contributed by atoms with E-state index in [1.54, 1.807) is 30.5 Å². The average Bonchev–Trinajstić information content (AvgIpc) is 2.72. The molecule has 4 rings (SSSR count). The number of benzene rings is 3. The van der Waals surface area contributed by atoms with Gasteiger partial charge in [0.25, 0.3) is 0 Å². The molecule has 0 spiro atoms. The van der Waals surface area contributed by atoms with Crippen LogP contribution in [0.15, 0.2) is 82.7 Å². The molecule has 0 aliphatic heterocycles. The van der Waals surface area contributed by atoms with Gasteiger partial charge in [0.1, 0.15) is 0 Å². The lowest BCUT2D eigenvalue weighted by Gasteiger charge is -2.08. The predicted molar refractivity (Wildman–Crippen MR) is 117 cm³/mol. The molecule has 0 unspecified atom stereocenters. The molecule has 1 aromatic heterocycles. The number of fused-ring (bicyclic) bond motifs is 1. The zero-order valence-electron chi connectivity index (χ0n) is 15.9. The first kappa shape index (κ1) is 20.9. The van der Waals surface area contributed by atoms with Crippen molar-refractivity contribution < 1.29 is 16.8 Å². The topological polar surface area (TPSA) is 158 Å². The smallest absolute Gasteiger partial charge is 0.238 e. The summed E-state index contributed by atoms with van der Waals surface area (Å²) in [4.78, 5) is 8.78. The summed E-state index contributed by atoms with van der Waals surface area (Å²) in [5, 5.41) is 14.1. The quantitative estimate of drug-likeness (QED) is 0.416. The second-order valence-corrected chi connectivity index (χ2v) is 9.86. The highest BCUT2D eigenvalue weighted by atomic mass is 32.2. The van der Waals surface area contributed by atoms with Gasteiger partial charge in [0.05, 0.1) is 15.3 Å². The first-order chi connectivity index (χ1) is 14.6. The number of nitrogens with one attached hydrogen (secondary N) is 1. The van der Waals surface area contributed by atoms with E-state index in [9.17, 15) is 16.8 Å². The summed E-state index contributed by atoms with van der Waals surface area (Å²) in [6.07, 6.45) is 1.65. The van der Waals surface area contributed by atoms with E-state index in [0.717, 1.165) is 10.9 Å². The summed E-state index contributed by atoms with van der Waals surface area (Å²) >= 11 is 0. The van der Waals surface area contributed by atoms with Gasteiger partial charge in [0, 0.05) is 17.3 Å². The highest BCUT2D eigenvalue weighted by molar-refractivity contribution is 7.89. The van der Waals surface area contributed by atoms with Crippen molar-refractivity contribution in [3.05, 3.63) is 72.9 Å². The fraction of sp³-hybridized carbons (Fsp3) is 0. The standard InChI is InChI=1S/C20H17N5O4S2/c21-30(26,27)17-8-6-16(7-9-17)24-20-23-12-15-5-4-14(11-19(15)25-20)13-2-1-3-18(10-13)31(22,28)29/h1-12H,(H2,21,26,27)(H2,22,28,29)(H,23,24,25). The molecule has 158 valence electrons. The van der Waals surface area contributed by atoms with E-state index in [0.29, 0.717) is 22.7 Å². The molecule has 0 aliphatic carbocycles. The number of hydrogen-bond donors (Lipinski definition) is 3. The van der Waals surface area contributed by atoms with E-state index >= 15 is 0 Å². The monoisotopic (exact) mass is 455 g/mol. The first-order valence-electron chi connectivity index (χ1n) is 8.89. The minimum atomic E-state index is -3.81. The van der Waals surface area contributed by atoms with Crippen molar-refractivity contribution in [2.75, 3.05) is 5.32 Å². The summed E-state index contributed by atoms with van der Waals surface area (Å²) in [6, 6.07) is 17.7. The van der Waals surface area contributed by atoms with Gasteiger partial charge in [-0.1, -0.05) is 24.3 Å². The summed E-state index contributed by atoms with van der Waals surface area (Å²) < 4.78 is 46.0. The largest absolute Gasteiger partial charge is 0.324 e. The molecule has 4 aromatic rings. The molecule has 9 nitrogen and oxygen atoms in total. The summed E-state index contributed by atoms with van der Waals surface area (Å²) in [5.41, 5.74) is 2.67. The SMILES string of the molecule is NS(=O)(=O)c1ccc(Nc2ncc3ccc(-c4cccc(S(N)(=O)=O)c4)cc3n2)cc1. The number of rotatable bonds is 5.